The molecular weight excluding hydrogens is 382 g/mol. The molecule has 4 rings (SSSR count). The van der Waals surface area contributed by atoms with E-state index in [4.69, 9.17) is 14.0 Å². The Bertz CT molecular complexity index is 1170. The predicted octanol–water partition coefficient (Wildman–Crippen LogP) is 4.67. The van der Waals surface area contributed by atoms with E-state index < -0.39 is 0 Å². The fourth-order valence-electron chi connectivity index (χ4n) is 2.96. The lowest BCUT2D eigenvalue weighted by molar-refractivity contribution is 0.102. The van der Waals surface area contributed by atoms with Gasteiger partial charge >= 0.3 is 0 Å². The molecule has 30 heavy (non-hydrogen) atoms. The Morgan fingerprint density at radius 2 is 1.67 bits per heavy atom. The SMILES string of the molecule is COc1ccc(-c2noc(-c3cccc(NC(=O)c4ccccc4)c3)n2)cc1OC. The van der Waals surface area contributed by atoms with Crippen molar-refractivity contribution in [1.82, 2.24) is 10.1 Å². The zero-order chi connectivity index (χ0) is 20.9. The summed E-state index contributed by atoms with van der Waals surface area (Å²) < 4.78 is 16.0. The maximum Gasteiger partial charge on any atom is 0.258 e. The van der Waals surface area contributed by atoms with E-state index in [9.17, 15) is 4.79 Å². The number of benzene rings is 3. The first-order chi connectivity index (χ1) is 14.7. The van der Waals surface area contributed by atoms with Crippen LogP contribution in [0.1, 0.15) is 10.4 Å². The third kappa shape index (κ3) is 4.00. The van der Waals surface area contributed by atoms with Gasteiger partial charge in [0.05, 0.1) is 14.2 Å². The summed E-state index contributed by atoms with van der Waals surface area (Å²) in [7, 11) is 3.14. The monoisotopic (exact) mass is 401 g/mol. The van der Waals surface area contributed by atoms with Crippen LogP contribution in [0.4, 0.5) is 5.69 Å². The highest BCUT2D eigenvalue weighted by molar-refractivity contribution is 6.04. The predicted molar refractivity (Wildman–Crippen MR) is 113 cm³/mol. The number of nitrogens with one attached hydrogen (secondary N) is 1. The highest BCUT2D eigenvalue weighted by atomic mass is 16.5. The number of amides is 1. The molecule has 0 bridgehead atoms. The molecule has 0 unspecified atom stereocenters. The van der Waals surface area contributed by atoms with Crippen LogP contribution in [-0.2, 0) is 0 Å². The molecule has 1 aromatic heterocycles. The Kier molecular flexibility index (Phi) is 5.43. The van der Waals surface area contributed by atoms with Crippen LogP contribution in [0.2, 0.25) is 0 Å². The summed E-state index contributed by atoms with van der Waals surface area (Å²) in [6.07, 6.45) is 0. The van der Waals surface area contributed by atoms with Gasteiger partial charge in [0.15, 0.2) is 11.5 Å². The zero-order valence-corrected chi connectivity index (χ0v) is 16.5. The molecule has 4 aromatic rings. The van der Waals surface area contributed by atoms with Crippen molar-refractivity contribution < 1.29 is 18.8 Å². The van der Waals surface area contributed by atoms with Crippen LogP contribution < -0.4 is 14.8 Å². The van der Waals surface area contributed by atoms with E-state index in [0.717, 1.165) is 5.56 Å². The van der Waals surface area contributed by atoms with Gasteiger partial charge < -0.3 is 19.3 Å². The minimum Gasteiger partial charge on any atom is -0.493 e. The average Bonchev–Trinajstić information content (AvgIpc) is 3.30. The Morgan fingerprint density at radius 3 is 2.43 bits per heavy atom. The van der Waals surface area contributed by atoms with Crippen LogP contribution in [0.3, 0.4) is 0 Å². The first-order valence-electron chi connectivity index (χ1n) is 9.21. The molecule has 1 N–H and O–H groups in total. The van der Waals surface area contributed by atoms with Crippen LogP contribution in [0.15, 0.2) is 77.3 Å². The van der Waals surface area contributed by atoms with Crippen molar-refractivity contribution in [1.29, 1.82) is 0 Å². The van der Waals surface area contributed by atoms with E-state index >= 15 is 0 Å². The van der Waals surface area contributed by atoms with E-state index in [2.05, 4.69) is 15.5 Å². The lowest BCUT2D eigenvalue weighted by Crippen LogP contribution is -2.11. The van der Waals surface area contributed by atoms with E-state index in [1.165, 1.54) is 0 Å². The van der Waals surface area contributed by atoms with Crippen molar-refractivity contribution in [2.45, 2.75) is 0 Å². The zero-order valence-electron chi connectivity index (χ0n) is 16.5. The quantitative estimate of drug-likeness (QED) is 0.505. The molecule has 0 saturated carbocycles. The molecule has 0 spiro atoms. The fraction of sp³-hybridized carbons (Fsp3) is 0.0870. The Balaban J connectivity index is 1.57. The second kappa shape index (κ2) is 8.48. The minimum atomic E-state index is -0.190. The fourth-order valence-corrected chi connectivity index (χ4v) is 2.96. The van der Waals surface area contributed by atoms with E-state index in [0.29, 0.717) is 40.0 Å². The molecule has 0 saturated heterocycles. The molecule has 150 valence electrons. The van der Waals surface area contributed by atoms with Gasteiger partial charge in [-0.15, -0.1) is 0 Å². The number of hydrogen-bond acceptors (Lipinski definition) is 6. The number of hydrogen-bond donors (Lipinski definition) is 1. The number of carbonyl (C=O) groups is 1. The van der Waals surface area contributed by atoms with Gasteiger partial charge in [-0.2, -0.15) is 4.98 Å². The standard InChI is InChI=1S/C23H19N3O4/c1-28-19-12-11-16(14-20(19)29-2)21-25-23(30-26-21)17-9-6-10-18(13-17)24-22(27)15-7-4-3-5-8-15/h3-14H,1-2H3,(H,24,27). The van der Waals surface area contributed by atoms with E-state index in [-0.39, 0.29) is 5.91 Å². The maximum absolute atomic E-state index is 12.4. The van der Waals surface area contributed by atoms with Gasteiger partial charge in [-0.05, 0) is 48.5 Å². The molecule has 0 aliphatic heterocycles. The molecule has 0 aliphatic rings. The van der Waals surface area contributed by atoms with Gasteiger partial charge in [-0.25, -0.2) is 0 Å². The van der Waals surface area contributed by atoms with Crippen LogP contribution in [0.25, 0.3) is 22.8 Å². The second-order valence-corrected chi connectivity index (χ2v) is 6.39. The molecular formula is C23H19N3O4. The molecule has 7 heteroatoms. The number of carbonyl (C=O) groups excluding carboxylic acids is 1. The number of methoxy groups -OCH3 is 2. The molecule has 1 amide bonds. The third-order valence-corrected chi connectivity index (χ3v) is 4.47. The number of rotatable bonds is 6. The molecule has 0 fully saturated rings. The van der Waals surface area contributed by atoms with Gasteiger partial charge in [0.2, 0.25) is 5.82 Å². The molecule has 3 aromatic carbocycles. The summed E-state index contributed by atoms with van der Waals surface area (Å²) >= 11 is 0. The first-order valence-corrected chi connectivity index (χ1v) is 9.21. The highest BCUT2D eigenvalue weighted by Crippen LogP contribution is 2.32. The first kappa shape index (κ1) is 19.2. The normalized spacial score (nSPS) is 10.5. The Labute approximate surface area is 173 Å². The van der Waals surface area contributed by atoms with Crippen molar-refractivity contribution in [2.75, 3.05) is 19.5 Å². The second-order valence-electron chi connectivity index (χ2n) is 6.39. The number of aromatic nitrogens is 2. The summed E-state index contributed by atoms with van der Waals surface area (Å²) in [5.41, 5.74) is 2.64. The number of ether oxygens (including phenoxy) is 2. The molecule has 0 atom stereocenters. The Morgan fingerprint density at radius 1 is 0.867 bits per heavy atom. The van der Waals surface area contributed by atoms with Crippen molar-refractivity contribution in [3.8, 4) is 34.3 Å². The van der Waals surface area contributed by atoms with E-state index in [1.54, 1.807) is 50.6 Å². The smallest absolute Gasteiger partial charge is 0.258 e. The van der Waals surface area contributed by atoms with Gasteiger partial charge in [0.1, 0.15) is 0 Å². The average molecular weight is 401 g/mol. The molecule has 0 radical (unpaired) electrons. The minimum absolute atomic E-state index is 0.190. The third-order valence-electron chi connectivity index (χ3n) is 4.47. The number of anilines is 1. The summed E-state index contributed by atoms with van der Waals surface area (Å²) in [6.45, 7) is 0. The molecule has 1 heterocycles. The number of nitrogens with zero attached hydrogens (tertiary/aromatic N) is 2. The van der Waals surface area contributed by atoms with Crippen LogP contribution in [-0.4, -0.2) is 30.3 Å². The molecule has 0 aliphatic carbocycles. The van der Waals surface area contributed by atoms with Gasteiger partial charge in [0, 0.05) is 22.4 Å². The van der Waals surface area contributed by atoms with Crippen LogP contribution >= 0.6 is 0 Å². The summed E-state index contributed by atoms with van der Waals surface area (Å²) in [6, 6.07) is 21.6. The van der Waals surface area contributed by atoms with Gasteiger partial charge in [-0.3, -0.25) is 4.79 Å². The van der Waals surface area contributed by atoms with Crippen molar-refractivity contribution in [2.24, 2.45) is 0 Å². The summed E-state index contributed by atoms with van der Waals surface area (Å²) in [5.74, 6) is 1.77. The topological polar surface area (TPSA) is 86.5 Å². The van der Waals surface area contributed by atoms with Crippen molar-refractivity contribution in [3.05, 3.63) is 78.4 Å². The Hall–Kier alpha value is -4.13. The van der Waals surface area contributed by atoms with Gasteiger partial charge in [-0.1, -0.05) is 29.4 Å². The largest absolute Gasteiger partial charge is 0.493 e. The maximum atomic E-state index is 12.4. The lowest BCUT2D eigenvalue weighted by atomic mass is 10.1. The van der Waals surface area contributed by atoms with Crippen LogP contribution in [0, 0.1) is 0 Å². The summed E-state index contributed by atoms with van der Waals surface area (Å²) in [4.78, 5) is 16.9. The van der Waals surface area contributed by atoms with Crippen molar-refractivity contribution in [3.63, 3.8) is 0 Å². The molecule has 7 nitrogen and oxygen atoms in total. The summed E-state index contributed by atoms with van der Waals surface area (Å²) in [5, 5.41) is 6.94. The van der Waals surface area contributed by atoms with Crippen LogP contribution in [0.5, 0.6) is 11.5 Å². The highest BCUT2D eigenvalue weighted by Gasteiger charge is 2.14. The van der Waals surface area contributed by atoms with E-state index in [1.807, 2.05) is 36.4 Å². The van der Waals surface area contributed by atoms with Crippen molar-refractivity contribution >= 4 is 11.6 Å². The lowest BCUT2D eigenvalue weighted by Gasteiger charge is -2.07. The van der Waals surface area contributed by atoms with Gasteiger partial charge in [0.25, 0.3) is 11.8 Å².